The molecule has 0 aromatic heterocycles. The maximum atomic E-state index is 5.34. The molecule has 92 valence electrons. The fourth-order valence-corrected chi connectivity index (χ4v) is 1.83. The summed E-state index contributed by atoms with van der Waals surface area (Å²) in [5.41, 5.74) is 1.91. The van der Waals surface area contributed by atoms with E-state index in [9.17, 15) is 0 Å². The van der Waals surface area contributed by atoms with Crippen LogP contribution in [-0.2, 0) is 0 Å². The van der Waals surface area contributed by atoms with Gasteiger partial charge in [0.15, 0.2) is 11.5 Å². The first-order valence-electron chi connectivity index (χ1n) is 5.95. The quantitative estimate of drug-likeness (QED) is 0.738. The first-order chi connectivity index (χ1) is 8.85. The summed E-state index contributed by atoms with van der Waals surface area (Å²) < 4.78 is 10.6. The van der Waals surface area contributed by atoms with Crippen LogP contribution in [0.4, 0.5) is 0 Å². The molecule has 0 aliphatic heterocycles. The van der Waals surface area contributed by atoms with E-state index in [1.54, 1.807) is 14.2 Å². The Hall–Kier alpha value is -2.14. The van der Waals surface area contributed by atoms with E-state index in [0.717, 1.165) is 24.0 Å². The maximum absolute atomic E-state index is 5.34. The van der Waals surface area contributed by atoms with E-state index in [-0.39, 0.29) is 0 Å². The van der Waals surface area contributed by atoms with Crippen molar-refractivity contribution in [2.75, 3.05) is 14.2 Å². The number of hydrogen-bond donors (Lipinski definition) is 0. The van der Waals surface area contributed by atoms with Crippen molar-refractivity contribution < 1.29 is 9.47 Å². The van der Waals surface area contributed by atoms with Crippen molar-refractivity contribution in [2.24, 2.45) is 0 Å². The minimum atomic E-state index is 0.688. The summed E-state index contributed by atoms with van der Waals surface area (Å²) in [6.45, 7) is 0. The Morgan fingerprint density at radius 1 is 1.06 bits per heavy atom. The Kier molecular flexibility index (Phi) is 4.09. The lowest BCUT2D eigenvalue weighted by molar-refractivity contribution is 0.354. The molecule has 1 aliphatic carbocycles. The maximum Gasteiger partial charge on any atom is 0.176 e. The summed E-state index contributed by atoms with van der Waals surface area (Å²) in [5, 5.41) is 0. The average Bonchev–Trinajstić information content (AvgIpc) is 2.45. The zero-order valence-electron chi connectivity index (χ0n) is 10.7. The Bertz CT molecular complexity index is 542. The van der Waals surface area contributed by atoms with E-state index in [1.807, 2.05) is 18.2 Å². The predicted octanol–water partition coefficient (Wildman–Crippen LogP) is 3.33. The number of ether oxygens (including phenoxy) is 2. The molecule has 2 rings (SSSR count). The SMILES string of the molecule is COc1cccc(C#CC2=CCCC=C2)c1OC. The second kappa shape index (κ2) is 5.97. The van der Waals surface area contributed by atoms with Crippen molar-refractivity contribution in [1.29, 1.82) is 0 Å². The summed E-state index contributed by atoms with van der Waals surface area (Å²) >= 11 is 0. The lowest BCUT2D eigenvalue weighted by Gasteiger charge is -2.08. The Labute approximate surface area is 108 Å². The van der Waals surface area contributed by atoms with E-state index in [2.05, 4.69) is 30.1 Å². The molecule has 0 bridgehead atoms. The number of methoxy groups -OCH3 is 2. The van der Waals surface area contributed by atoms with Gasteiger partial charge in [0.1, 0.15) is 0 Å². The average molecular weight is 240 g/mol. The van der Waals surface area contributed by atoms with E-state index in [4.69, 9.17) is 9.47 Å². The van der Waals surface area contributed by atoms with Crippen LogP contribution in [0.5, 0.6) is 11.5 Å². The number of hydrogen-bond acceptors (Lipinski definition) is 2. The van der Waals surface area contributed by atoms with Crippen LogP contribution < -0.4 is 9.47 Å². The molecule has 0 fully saturated rings. The summed E-state index contributed by atoms with van der Waals surface area (Å²) in [7, 11) is 3.25. The van der Waals surface area contributed by atoms with Gasteiger partial charge in [0.25, 0.3) is 0 Å². The van der Waals surface area contributed by atoms with Gasteiger partial charge in [0.2, 0.25) is 0 Å². The van der Waals surface area contributed by atoms with Crippen molar-refractivity contribution in [2.45, 2.75) is 12.8 Å². The molecule has 0 N–H and O–H groups in total. The lowest BCUT2D eigenvalue weighted by Crippen LogP contribution is -1.93. The van der Waals surface area contributed by atoms with Gasteiger partial charge in [-0.25, -0.2) is 0 Å². The molecule has 0 saturated carbocycles. The highest BCUT2D eigenvalue weighted by Gasteiger charge is 2.06. The third kappa shape index (κ3) is 2.75. The van der Waals surface area contributed by atoms with Crippen molar-refractivity contribution in [3.05, 3.63) is 47.6 Å². The highest BCUT2D eigenvalue weighted by molar-refractivity contribution is 5.56. The highest BCUT2D eigenvalue weighted by Crippen LogP contribution is 2.29. The molecule has 18 heavy (non-hydrogen) atoms. The van der Waals surface area contributed by atoms with Crippen LogP contribution >= 0.6 is 0 Å². The largest absolute Gasteiger partial charge is 0.493 e. The van der Waals surface area contributed by atoms with E-state index < -0.39 is 0 Å². The van der Waals surface area contributed by atoms with E-state index >= 15 is 0 Å². The molecule has 0 spiro atoms. The minimum Gasteiger partial charge on any atom is -0.493 e. The second-order valence-electron chi connectivity index (χ2n) is 3.93. The van der Waals surface area contributed by atoms with Gasteiger partial charge < -0.3 is 9.47 Å². The standard InChI is InChI=1S/C16H16O2/c1-17-15-10-6-9-14(16(15)18-2)12-11-13-7-4-3-5-8-13/h4,6-10H,3,5H2,1-2H3. The molecule has 0 radical (unpaired) electrons. The van der Waals surface area contributed by atoms with Gasteiger partial charge in [-0.1, -0.05) is 36.1 Å². The fraction of sp³-hybridized carbons (Fsp3) is 0.250. The van der Waals surface area contributed by atoms with Crippen molar-refractivity contribution in [3.63, 3.8) is 0 Å². The van der Waals surface area contributed by atoms with E-state index in [1.165, 1.54) is 0 Å². The van der Waals surface area contributed by atoms with Crippen LogP contribution in [0.3, 0.4) is 0 Å². The van der Waals surface area contributed by atoms with Crippen molar-refractivity contribution in [3.8, 4) is 23.3 Å². The minimum absolute atomic E-state index is 0.688. The van der Waals surface area contributed by atoms with Crippen LogP contribution in [0, 0.1) is 11.8 Å². The molecule has 0 unspecified atom stereocenters. The molecule has 0 atom stereocenters. The first-order valence-corrected chi connectivity index (χ1v) is 5.95. The Morgan fingerprint density at radius 2 is 1.94 bits per heavy atom. The first kappa shape index (κ1) is 12.3. The van der Waals surface area contributed by atoms with Crippen LogP contribution in [0.15, 0.2) is 42.0 Å². The Balaban J connectivity index is 2.32. The third-order valence-corrected chi connectivity index (χ3v) is 2.74. The molecule has 2 nitrogen and oxygen atoms in total. The van der Waals surface area contributed by atoms with Gasteiger partial charge in [-0.2, -0.15) is 0 Å². The number of para-hydroxylation sites is 1. The molecule has 1 aromatic rings. The highest BCUT2D eigenvalue weighted by atomic mass is 16.5. The second-order valence-corrected chi connectivity index (χ2v) is 3.93. The van der Waals surface area contributed by atoms with Gasteiger partial charge in [0, 0.05) is 5.57 Å². The number of benzene rings is 1. The number of allylic oxidation sites excluding steroid dienone is 4. The van der Waals surface area contributed by atoms with Crippen LogP contribution in [0.1, 0.15) is 18.4 Å². The molecular formula is C16H16O2. The number of rotatable bonds is 2. The molecule has 0 amide bonds. The predicted molar refractivity (Wildman–Crippen MR) is 72.9 cm³/mol. The van der Waals surface area contributed by atoms with Crippen LogP contribution in [0.25, 0.3) is 0 Å². The summed E-state index contributed by atoms with van der Waals surface area (Å²) in [6, 6.07) is 5.71. The fourth-order valence-electron chi connectivity index (χ4n) is 1.83. The molecule has 0 saturated heterocycles. The van der Waals surface area contributed by atoms with Gasteiger partial charge in [-0.15, -0.1) is 0 Å². The molecule has 1 aliphatic rings. The summed E-state index contributed by atoms with van der Waals surface area (Å²) in [4.78, 5) is 0. The zero-order valence-corrected chi connectivity index (χ0v) is 10.7. The summed E-state index contributed by atoms with van der Waals surface area (Å²) in [5.74, 6) is 7.68. The van der Waals surface area contributed by atoms with Crippen LogP contribution in [0.2, 0.25) is 0 Å². The van der Waals surface area contributed by atoms with Gasteiger partial charge in [-0.05, 0) is 25.0 Å². The van der Waals surface area contributed by atoms with Gasteiger partial charge >= 0.3 is 0 Å². The van der Waals surface area contributed by atoms with Crippen molar-refractivity contribution >= 4 is 0 Å². The third-order valence-electron chi connectivity index (χ3n) is 2.74. The zero-order chi connectivity index (χ0) is 12.8. The molecule has 2 heteroatoms. The summed E-state index contributed by atoms with van der Waals surface area (Å²) in [6.07, 6.45) is 8.53. The van der Waals surface area contributed by atoms with Gasteiger partial charge in [-0.3, -0.25) is 0 Å². The molecule has 0 heterocycles. The van der Waals surface area contributed by atoms with Crippen molar-refractivity contribution in [1.82, 2.24) is 0 Å². The molecule has 1 aromatic carbocycles. The smallest absolute Gasteiger partial charge is 0.176 e. The normalized spacial score (nSPS) is 13.3. The van der Waals surface area contributed by atoms with Crippen LogP contribution in [-0.4, -0.2) is 14.2 Å². The van der Waals surface area contributed by atoms with E-state index in [0.29, 0.717) is 11.5 Å². The Morgan fingerprint density at radius 3 is 2.61 bits per heavy atom. The lowest BCUT2D eigenvalue weighted by atomic mass is 10.1. The topological polar surface area (TPSA) is 18.5 Å². The molecular weight excluding hydrogens is 224 g/mol. The monoisotopic (exact) mass is 240 g/mol. The van der Waals surface area contributed by atoms with Gasteiger partial charge in [0.05, 0.1) is 19.8 Å².